The quantitative estimate of drug-likeness (QED) is 0.409. The van der Waals surface area contributed by atoms with E-state index in [1.807, 2.05) is 12.3 Å². The van der Waals surface area contributed by atoms with Crippen molar-refractivity contribution in [1.82, 2.24) is 20.4 Å². The first kappa shape index (κ1) is 20.4. The standard InChI is InChI=1S/C17H24FN5.HI/c1-13(2)12-21-17(19-3)20-10-8-15-9-11-23(22-15)16-6-4-14(18)5-7-16;/h4-7,9,11,13H,8,10,12H2,1-3H3,(H2,19,20,21);1H. The molecule has 2 N–H and O–H groups in total. The number of hydrogen-bond donors (Lipinski definition) is 2. The van der Waals surface area contributed by atoms with Crippen LogP contribution in [0.1, 0.15) is 19.5 Å². The minimum absolute atomic E-state index is 0. The van der Waals surface area contributed by atoms with Crippen LogP contribution in [0.5, 0.6) is 0 Å². The Labute approximate surface area is 159 Å². The average molecular weight is 445 g/mol. The molecule has 0 spiro atoms. The SMILES string of the molecule is CN=C(NCCc1ccn(-c2ccc(F)cc2)n1)NCC(C)C.I. The summed E-state index contributed by atoms with van der Waals surface area (Å²) < 4.78 is 14.7. The van der Waals surface area contributed by atoms with E-state index >= 15 is 0 Å². The van der Waals surface area contributed by atoms with Gasteiger partial charge in [-0.15, -0.1) is 24.0 Å². The second kappa shape index (κ2) is 10.3. The summed E-state index contributed by atoms with van der Waals surface area (Å²) in [7, 11) is 1.76. The summed E-state index contributed by atoms with van der Waals surface area (Å²) in [6.07, 6.45) is 2.67. The predicted octanol–water partition coefficient (Wildman–Crippen LogP) is 2.99. The Balaban J connectivity index is 0.00000288. The maximum absolute atomic E-state index is 12.9. The molecule has 1 aromatic heterocycles. The van der Waals surface area contributed by atoms with Gasteiger partial charge in [0.15, 0.2) is 5.96 Å². The molecule has 0 aliphatic carbocycles. The van der Waals surface area contributed by atoms with Crippen molar-refractivity contribution in [2.75, 3.05) is 20.1 Å². The van der Waals surface area contributed by atoms with Gasteiger partial charge in [0, 0.05) is 32.8 Å². The van der Waals surface area contributed by atoms with Gasteiger partial charge in [-0.3, -0.25) is 4.99 Å². The van der Waals surface area contributed by atoms with Crippen LogP contribution in [0.25, 0.3) is 5.69 Å². The van der Waals surface area contributed by atoms with Crippen LogP contribution in [0.3, 0.4) is 0 Å². The van der Waals surface area contributed by atoms with Gasteiger partial charge in [0.2, 0.25) is 0 Å². The number of halogens is 2. The second-order valence-electron chi connectivity index (χ2n) is 5.75. The van der Waals surface area contributed by atoms with E-state index < -0.39 is 0 Å². The number of nitrogens with zero attached hydrogens (tertiary/aromatic N) is 3. The van der Waals surface area contributed by atoms with E-state index in [2.05, 4.69) is 34.6 Å². The van der Waals surface area contributed by atoms with Crippen LogP contribution in [0.15, 0.2) is 41.5 Å². The van der Waals surface area contributed by atoms with E-state index in [-0.39, 0.29) is 29.8 Å². The highest BCUT2D eigenvalue weighted by Gasteiger charge is 2.03. The van der Waals surface area contributed by atoms with Gasteiger partial charge in [-0.25, -0.2) is 9.07 Å². The normalized spacial score (nSPS) is 11.3. The molecule has 0 amide bonds. The summed E-state index contributed by atoms with van der Waals surface area (Å²) in [4.78, 5) is 4.19. The van der Waals surface area contributed by atoms with Crippen LogP contribution in [0.4, 0.5) is 4.39 Å². The summed E-state index contributed by atoms with van der Waals surface area (Å²) in [5.41, 5.74) is 1.82. The molecule has 0 atom stereocenters. The van der Waals surface area contributed by atoms with Crippen LogP contribution < -0.4 is 10.6 Å². The average Bonchev–Trinajstić information content (AvgIpc) is 3.00. The Kier molecular flexibility index (Phi) is 8.73. The lowest BCUT2D eigenvalue weighted by atomic mass is 10.2. The summed E-state index contributed by atoms with van der Waals surface area (Å²) in [6, 6.07) is 8.25. The Morgan fingerprint density at radius 3 is 2.54 bits per heavy atom. The van der Waals surface area contributed by atoms with Gasteiger partial charge in [-0.05, 0) is 36.2 Å². The molecule has 0 aliphatic heterocycles. The van der Waals surface area contributed by atoms with Crippen molar-refractivity contribution < 1.29 is 4.39 Å². The van der Waals surface area contributed by atoms with Gasteiger partial charge in [-0.1, -0.05) is 13.8 Å². The Bertz CT molecular complexity index is 637. The number of benzene rings is 1. The van der Waals surface area contributed by atoms with Gasteiger partial charge in [0.25, 0.3) is 0 Å². The zero-order chi connectivity index (χ0) is 16.7. The highest BCUT2D eigenvalue weighted by molar-refractivity contribution is 14.0. The molecule has 132 valence electrons. The molecular weight excluding hydrogens is 420 g/mol. The maximum Gasteiger partial charge on any atom is 0.190 e. The highest BCUT2D eigenvalue weighted by Crippen LogP contribution is 2.09. The minimum atomic E-state index is -0.245. The van der Waals surface area contributed by atoms with E-state index in [0.717, 1.165) is 36.9 Å². The monoisotopic (exact) mass is 445 g/mol. The van der Waals surface area contributed by atoms with Crippen LogP contribution >= 0.6 is 24.0 Å². The van der Waals surface area contributed by atoms with Gasteiger partial charge < -0.3 is 10.6 Å². The smallest absolute Gasteiger partial charge is 0.190 e. The van der Waals surface area contributed by atoms with E-state index in [4.69, 9.17) is 0 Å². The van der Waals surface area contributed by atoms with E-state index in [9.17, 15) is 4.39 Å². The Morgan fingerprint density at radius 2 is 1.92 bits per heavy atom. The van der Waals surface area contributed by atoms with E-state index in [0.29, 0.717) is 5.92 Å². The first-order chi connectivity index (χ1) is 11.1. The third kappa shape index (κ3) is 6.46. The molecule has 0 saturated carbocycles. The van der Waals surface area contributed by atoms with Crippen LogP contribution in [-0.4, -0.2) is 35.9 Å². The van der Waals surface area contributed by atoms with Crippen LogP contribution in [-0.2, 0) is 6.42 Å². The minimum Gasteiger partial charge on any atom is -0.356 e. The number of nitrogens with one attached hydrogen (secondary N) is 2. The molecule has 7 heteroatoms. The van der Waals surface area contributed by atoms with Crippen molar-refractivity contribution in [3.8, 4) is 5.69 Å². The lowest BCUT2D eigenvalue weighted by molar-refractivity contribution is 0.614. The molecule has 1 aromatic carbocycles. The fourth-order valence-corrected chi connectivity index (χ4v) is 2.06. The zero-order valence-corrected chi connectivity index (χ0v) is 16.6. The predicted molar refractivity (Wildman–Crippen MR) is 107 cm³/mol. The molecular formula is C17H25FIN5. The molecule has 2 aromatic rings. The Hall–Kier alpha value is -1.64. The summed E-state index contributed by atoms with van der Waals surface area (Å²) >= 11 is 0. The first-order valence-corrected chi connectivity index (χ1v) is 7.83. The van der Waals surface area contributed by atoms with Gasteiger partial charge >= 0.3 is 0 Å². The molecule has 0 aliphatic rings. The summed E-state index contributed by atoms with van der Waals surface area (Å²) in [5, 5.41) is 11.0. The fraction of sp³-hybridized carbons (Fsp3) is 0.412. The molecule has 2 rings (SSSR count). The van der Waals surface area contributed by atoms with Crippen LogP contribution in [0, 0.1) is 11.7 Å². The van der Waals surface area contributed by atoms with Crippen molar-refractivity contribution in [1.29, 1.82) is 0 Å². The third-order valence-corrected chi connectivity index (χ3v) is 3.31. The maximum atomic E-state index is 12.9. The highest BCUT2D eigenvalue weighted by atomic mass is 127. The van der Waals surface area contributed by atoms with Crippen molar-refractivity contribution in [2.45, 2.75) is 20.3 Å². The molecule has 24 heavy (non-hydrogen) atoms. The van der Waals surface area contributed by atoms with Crippen molar-refractivity contribution in [3.63, 3.8) is 0 Å². The third-order valence-electron chi connectivity index (χ3n) is 3.31. The number of rotatable bonds is 6. The molecule has 0 radical (unpaired) electrons. The zero-order valence-electron chi connectivity index (χ0n) is 14.3. The van der Waals surface area contributed by atoms with Crippen LogP contribution in [0.2, 0.25) is 0 Å². The molecule has 5 nitrogen and oxygen atoms in total. The topological polar surface area (TPSA) is 54.2 Å². The summed E-state index contributed by atoms with van der Waals surface area (Å²) in [6.45, 7) is 5.95. The number of hydrogen-bond acceptors (Lipinski definition) is 2. The van der Waals surface area contributed by atoms with Gasteiger partial charge in [0.05, 0.1) is 11.4 Å². The summed E-state index contributed by atoms with van der Waals surface area (Å²) in [5.74, 6) is 1.13. The number of guanidine groups is 1. The molecule has 0 unspecified atom stereocenters. The molecule has 1 heterocycles. The van der Waals surface area contributed by atoms with Gasteiger partial charge in [0.1, 0.15) is 5.82 Å². The molecule has 0 bridgehead atoms. The van der Waals surface area contributed by atoms with Gasteiger partial charge in [-0.2, -0.15) is 5.10 Å². The van der Waals surface area contributed by atoms with E-state index in [1.165, 1.54) is 12.1 Å². The lowest BCUT2D eigenvalue weighted by Crippen LogP contribution is -2.39. The number of aromatic nitrogens is 2. The van der Waals surface area contributed by atoms with Crippen molar-refractivity contribution in [3.05, 3.63) is 48.0 Å². The largest absolute Gasteiger partial charge is 0.356 e. The number of aliphatic imine (C=N–C) groups is 1. The lowest BCUT2D eigenvalue weighted by Gasteiger charge is -2.12. The van der Waals surface area contributed by atoms with Crippen molar-refractivity contribution in [2.24, 2.45) is 10.9 Å². The van der Waals surface area contributed by atoms with Crippen molar-refractivity contribution >= 4 is 29.9 Å². The molecule has 0 fully saturated rings. The first-order valence-electron chi connectivity index (χ1n) is 7.83. The second-order valence-corrected chi connectivity index (χ2v) is 5.75. The molecule has 0 saturated heterocycles. The fourth-order valence-electron chi connectivity index (χ4n) is 2.06. The Morgan fingerprint density at radius 1 is 1.21 bits per heavy atom. The van der Waals surface area contributed by atoms with E-state index in [1.54, 1.807) is 23.9 Å².